The Bertz CT molecular complexity index is 855. The first-order valence-corrected chi connectivity index (χ1v) is 16.8. The number of aliphatic hydroxyl groups excluding tert-OH is 1. The molecule has 0 amide bonds. The Labute approximate surface area is 236 Å². The van der Waals surface area contributed by atoms with Crippen molar-refractivity contribution in [2.24, 2.45) is 5.41 Å². The van der Waals surface area contributed by atoms with Crippen molar-refractivity contribution in [2.75, 3.05) is 7.11 Å². The van der Waals surface area contributed by atoms with Gasteiger partial charge in [-0.3, -0.25) is 4.79 Å². The molecule has 5 atom stereocenters. The Morgan fingerprint density at radius 2 is 1.85 bits per heavy atom. The van der Waals surface area contributed by atoms with Crippen LogP contribution in [0.5, 0.6) is 0 Å². The molecule has 1 fully saturated rings. The van der Waals surface area contributed by atoms with E-state index in [1.165, 1.54) is 20.1 Å². The van der Waals surface area contributed by atoms with E-state index in [9.17, 15) is 19.8 Å². The van der Waals surface area contributed by atoms with Crippen LogP contribution in [0.4, 0.5) is 0 Å². The summed E-state index contributed by atoms with van der Waals surface area (Å²) in [6.07, 6.45) is 6.55. The molecule has 0 aliphatic carbocycles. The minimum Gasteiger partial charge on any atom is -0.466 e. The van der Waals surface area contributed by atoms with Gasteiger partial charge in [0.05, 0.1) is 25.4 Å². The quantitative estimate of drug-likeness (QED) is 0.0814. The van der Waals surface area contributed by atoms with Crippen LogP contribution in [0.15, 0.2) is 36.5 Å². The monoisotopic (exact) mass is 568 g/mol. The summed E-state index contributed by atoms with van der Waals surface area (Å²) in [5.74, 6) is -3.27. The Kier molecular flexibility index (Phi) is 14.3. The van der Waals surface area contributed by atoms with Gasteiger partial charge in [-0.2, -0.15) is 0 Å². The smallest absolute Gasteiger partial charge is 0.330 e. The van der Waals surface area contributed by atoms with Crippen molar-refractivity contribution in [3.63, 3.8) is 0 Å². The normalized spacial score (nSPS) is 24.9. The number of methoxy groups -OCH3 is 1. The first-order chi connectivity index (χ1) is 18.2. The Morgan fingerprint density at radius 3 is 2.36 bits per heavy atom. The molecular formula is C30H52O8Si. The highest BCUT2D eigenvalue weighted by atomic mass is 28.4. The third-order valence-corrected chi connectivity index (χ3v) is 12.7. The van der Waals surface area contributed by atoms with Gasteiger partial charge in [-0.1, -0.05) is 52.8 Å². The average Bonchev–Trinajstić information content (AvgIpc) is 2.88. The van der Waals surface area contributed by atoms with Crippen molar-refractivity contribution < 1.29 is 38.4 Å². The van der Waals surface area contributed by atoms with Crippen molar-refractivity contribution in [3.05, 3.63) is 36.5 Å². The molecule has 1 rings (SSSR count). The van der Waals surface area contributed by atoms with Crippen LogP contribution in [0.2, 0.25) is 18.1 Å². The van der Waals surface area contributed by atoms with Gasteiger partial charge >= 0.3 is 11.9 Å². The van der Waals surface area contributed by atoms with Gasteiger partial charge in [-0.25, -0.2) is 4.79 Å². The van der Waals surface area contributed by atoms with Gasteiger partial charge in [0.25, 0.3) is 0 Å². The highest BCUT2D eigenvalue weighted by Gasteiger charge is 2.57. The molecule has 39 heavy (non-hydrogen) atoms. The van der Waals surface area contributed by atoms with Gasteiger partial charge in [-0.15, -0.1) is 6.58 Å². The molecule has 0 aromatic rings. The molecule has 2 N–H and O–H groups in total. The van der Waals surface area contributed by atoms with Crippen molar-refractivity contribution in [2.45, 2.75) is 129 Å². The molecule has 8 nitrogen and oxygen atoms in total. The number of unbranched alkanes of at least 4 members (excludes halogenated alkanes) is 2. The first kappa shape index (κ1) is 35.2. The zero-order valence-corrected chi connectivity index (χ0v) is 26.3. The van der Waals surface area contributed by atoms with Gasteiger partial charge in [0, 0.05) is 24.8 Å². The Hall–Kier alpha value is -1.78. The summed E-state index contributed by atoms with van der Waals surface area (Å²) in [5.41, 5.74) is -0.666. The van der Waals surface area contributed by atoms with Gasteiger partial charge in [-0.05, 0) is 56.3 Å². The first-order valence-electron chi connectivity index (χ1n) is 14.2. The minimum absolute atomic E-state index is 0.162. The van der Waals surface area contributed by atoms with Gasteiger partial charge < -0.3 is 28.8 Å². The number of hydrogen-bond donors (Lipinski definition) is 2. The van der Waals surface area contributed by atoms with Crippen LogP contribution in [0, 0.1) is 5.41 Å². The fourth-order valence-electron chi connectivity index (χ4n) is 5.08. The van der Waals surface area contributed by atoms with Crippen molar-refractivity contribution in [3.8, 4) is 0 Å². The Morgan fingerprint density at radius 1 is 1.23 bits per heavy atom. The highest BCUT2D eigenvalue weighted by Crippen LogP contribution is 2.46. The van der Waals surface area contributed by atoms with Crippen LogP contribution >= 0.6 is 0 Å². The lowest BCUT2D eigenvalue weighted by Crippen LogP contribution is -2.62. The minimum atomic E-state index is -2.02. The van der Waals surface area contributed by atoms with Gasteiger partial charge in [0.2, 0.25) is 5.79 Å². The number of hydrogen-bond acceptors (Lipinski definition) is 8. The maximum atomic E-state index is 12.3. The van der Waals surface area contributed by atoms with Crippen LogP contribution in [0.25, 0.3) is 0 Å². The molecule has 0 unspecified atom stereocenters. The molecule has 1 saturated heterocycles. The number of aliphatic hydroxyl groups is 2. The van der Waals surface area contributed by atoms with E-state index < -0.39 is 55.9 Å². The number of esters is 2. The largest absolute Gasteiger partial charge is 0.466 e. The second-order valence-electron chi connectivity index (χ2n) is 11.1. The fraction of sp³-hybridized carbons (Fsp3) is 0.733. The molecule has 1 aliphatic rings. The fourth-order valence-corrected chi connectivity index (χ4v) is 8.02. The van der Waals surface area contributed by atoms with Gasteiger partial charge in [0.1, 0.15) is 0 Å². The van der Waals surface area contributed by atoms with Crippen LogP contribution < -0.4 is 0 Å². The molecule has 0 spiro atoms. The molecule has 1 aliphatic heterocycles. The lowest BCUT2D eigenvalue weighted by molar-refractivity contribution is -0.327. The molecule has 0 radical (unpaired) electrons. The summed E-state index contributed by atoms with van der Waals surface area (Å²) in [5, 5.41) is 23.3. The van der Waals surface area contributed by atoms with Crippen LogP contribution in [0.3, 0.4) is 0 Å². The standard InChI is InChI=1S/C30H52O8Si/c1-10-14-15-16-17-18-29(7,8)30(34)28(36-23(6)31)24(20-27(33)35-9)19-25(37-30)21-26(32)22(5)38-39(11-2,12-3)13-4/h10,17-18,20,22,25-26,28,32,34H,1,11-16,19,21H2,2-9H3/b18-17+,24-20+/t22-,25+,26-,28+,30-/m1/s1. The van der Waals surface area contributed by atoms with Crippen molar-refractivity contribution in [1.82, 2.24) is 0 Å². The SMILES string of the molecule is C=CCCC/C=C/C(C)(C)[C@]1(O)O[C@H](C[C@@H](O)[C@@H](C)O[Si](CC)(CC)CC)C/C(=C\C(=O)OC)[C@@H]1OC(C)=O. The van der Waals surface area contributed by atoms with Crippen LogP contribution in [-0.4, -0.2) is 67.8 Å². The zero-order valence-electron chi connectivity index (χ0n) is 25.3. The molecule has 0 saturated carbocycles. The van der Waals surface area contributed by atoms with E-state index in [4.69, 9.17) is 18.6 Å². The molecule has 0 bridgehead atoms. The third kappa shape index (κ3) is 9.67. The summed E-state index contributed by atoms with van der Waals surface area (Å²) in [6, 6.07) is 2.88. The molecule has 224 valence electrons. The summed E-state index contributed by atoms with van der Waals surface area (Å²) in [4.78, 5) is 24.4. The molecule has 1 heterocycles. The lowest BCUT2D eigenvalue weighted by atomic mass is 9.74. The number of rotatable bonds is 16. The lowest BCUT2D eigenvalue weighted by Gasteiger charge is -2.51. The predicted molar refractivity (Wildman–Crippen MR) is 155 cm³/mol. The molecule has 0 aromatic carbocycles. The molecule has 0 aromatic heterocycles. The van der Waals surface area contributed by atoms with Crippen LogP contribution in [-0.2, 0) is 28.2 Å². The summed E-state index contributed by atoms with van der Waals surface area (Å²) >= 11 is 0. The van der Waals surface area contributed by atoms with Crippen molar-refractivity contribution in [1.29, 1.82) is 0 Å². The third-order valence-electron chi connectivity index (χ3n) is 7.94. The maximum absolute atomic E-state index is 12.3. The predicted octanol–water partition coefficient (Wildman–Crippen LogP) is 5.60. The summed E-state index contributed by atoms with van der Waals surface area (Å²) in [6.45, 7) is 16.8. The van der Waals surface area contributed by atoms with Gasteiger partial charge in [0.15, 0.2) is 14.4 Å². The number of carbonyl (C=O) groups excluding carboxylic acids is 2. The molecule has 9 heteroatoms. The molecular weight excluding hydrogens is 516 g/mol. The summed E-state index contributed by atoms with van der Waals surface area (Å²) in [7, 11) is -0.700. The van der Waals surface area contributed by atoms with E-state index in [0.29, 0.717) is 5.57 Å². The summed E-state index contributed by atoms with van der Waals surface area (Å²) < 4.78 is 23.2. The second kappa shape index (κ2) is 15.9. The van der Waals surface area contributed by atoms with E-state index in [1.807, 2.05) is 25.2 Å². The van der Waals surface area contributed by atoms with E-state index >= 15 is 0 Å². The van der Waals surface area contributed by atoms with E-state index in [1.54, 1.807) is 13.8 Å². The van der Waals surface area contributed by atoms with E-state index in [2.05, 4.69) is 27.4 Å². The van der Waals surface area contributed by atoms with E-state index in [0.717, 1.165) is 37.4 Å². The number of ether oxygens (including phenoxy) is 3. The number of allylic oxidation sites excluding steroid dienone is 2. The second-order valence-corrected chi connectivity index (χ2v) is 15.8. The highest BCUT2D eigenvalue weighted by molar-refractivity contribution is 6.73. The zero-order chi connectivity index (χ0) is 29.9. The van der Waals surface area contributed by atoms with Crippen molar-refractivity contribution >= 4 is 20.3 Å². The topological polar surface area (TPSA) is 112 Å². The van der Waals surface area contributed by atoms with E-state index in [-0.39, 0.29) is 12.8 Å². The van der Waals surface area contributed by atoms with Crippen LogP contribution in [0.1, 0.15) is 80.6 Å². The number of carbonyl (C=O) groups is 2. The average molecular weight is 569 g/mol. The Balaban J connectivity index is 3.40. The maximum Gasteiger partial charge on any atom is 0.330 e.